The van der Waals surface area contributed by atoms with Crippen molar-refractivity contribution in [1.29, 1.82) is 0 Å². The summed E-state index contributed by atoms with van der Waals surface area (Å²) in [5, 5.41) is 2.89. The van der Waals surface area contributed by atoms with E-state index < -0.39 is 5.92 Å². The molecular formula is C44H68N2O12. The number of hydrogen-bond acceptors (Lipinski definition) is 13. The number of unbranched alkanes of at least 4 members (excludes halogenated alkanes) is 1. The van der Waals surface area contributed by atoms with Crippen LogP contribution in [-0.4, -0.2) is 143 Å². The largest absolute Gasteiger partial charge is 0.465 e. The molecule has 0 bridgehead atoms. The minimum atomic E-state index is -0.409. The molecule has 0 spiro atoms. The Morgan fingerprint density at radius 3 is 1.66 bits per heavy atom. The lowest BCUT2D eigenvalue weighted by molar-refractivity contribution is -0.144. The summed E-state index contributed by atoms with van der Waals surface area (Å²) in [4.78, 5) is 37.9. The molecule has 14 heteroatoms. The standard InChI is InChI=1S/C44H68N2O12/c1-2-50-22-23-54-30-31-57-29-26-53-21-18-46-44(49)36(10-7-8-17-45)34-37(47)16-20-52-25-28-56-33-32-55-27-24-51-19-9-15-43(48)58-35-42-40-13-5-3-11-38(40)39-12-4-6-14-41(39)42/h3-6,11-14,36,42H,2,7-10,15-35,45H2,1H3,(H,46,49). The van der Waals surface area contributed by atoms with E-state index in [2.05, 4.69) is 29.6 Å². The summed E-state index contributed by atoms with van der Waals surface area (Å²) >= 11 is 0. The third kappa shape index (κ3) is 21.1. The number of ether oxygens (including phenoxy) is 9. The molecule has 0 heterocycles. The first-order valence-electron chi connectivity index (χ1n) is 21.0. The molecule has 0 saturated carbocycles. The topological polar surface area (TPSA) is 172 Å². The highest BCUT2D eigenvalue weighted by Crippen LogP contribution is 2.44. The third-order valence-electron chi connectivity index (χ3n) is 9.40. The normalized spacial score (nSPS) is 12.7. The van der Waals surface area contributed by atoms with Crippen LogP contribution < -0.4 is 11.1 Å². The Balaban J connectivity index is 1.09. The Kier molecular flexibility index (Phi) is 27.5. The number of esters is 1. The number of nitrogens with two attached hydrogens (primary N) is 1. The molecule has 0 aromatic heterocycles. The van der Waals surface area contributed by atoms with Crippen molar-refractivity contribution in [1.82, 2.24) is 5.32 Å². The van der Waals surface area contributed by atoms with Gasteiger partial charge in [0, 0.05) is 50.9 Å². The van der Waals surface area contributed by atoms with Crippen LogP contribution in [0.15, 0.2) is 48.5 Å². The van der Waals surface area contributed by atoms with Crippen molar-refractivity contribution in [2.24, 2.45) is 11.7 Å². The van der Waals surface area contributed by atoms with Gasteiger partial charge in [0.2, 0.25) is 5.91 Å². The molecule has 2 aromatic carbocycles. The fraction of sp³-hybridized carbons (Fsp3) is 0.659. The van der Waals surface area contributed by atoms with Crippen LogP contribution in [0.5, 0.6) is 0 Å². The molecule has 1 amide bonds. The van der Waals surface area contributed by atoms with E-state index in [-0.39, 0.29) is 43.0 Å². The second-order valence-electron chi connectivity index (χ2n) is 13.8. The van der Waals surface area contributed by atoms with E-state index in [1.54, 1.807) is 0 Å². The molecule has 0 saturated heterocycles. The first kappa shape index (κ1) is 49.1. The van der Waals surface area contributed by atoms with Crippen molar-refractivity contribution < 1.29 is 57.0 Å². The van der Waals surface area contributed by atoms with E-state index in [1.807, 2.05) is 31.2 Å². The number of rotatable bonds is 38. The summed E-state index contributed by atoms with van der Waals surface area (Å²) < 4.78 is 49.5. The van der Waals surface area contributed by atoms with E-state index in [4.69, 9.17) is 48.4 Å². The Hall–Kier alpha value is -3.31. The van der Waals surface area contributed by atoms with Crippen LogP contribution in [0.25, 0.3) is 11.1 Å². The SMILES string of the molecule is CCOCCOCCOCCOCCNC(=O)C(CCCCN)CC(=O)CCOCCOCCOCCOCCCC(=O)OCC1c2ccccc2-c2ccccc21. The maximum absolute atomic E-state index is 12.8. The molecule has 0 fully saturated rings. The van der Waals surface area contributed by atoms with E-state index in [9.17, 15) is 14.4 Å². The highest BCUT2D eigenvalue weighted by Gasteiger charge is 2.29. The number of fused-ring (bicyclic) bond motifs is 3. The molecule has 3 rings (SSSR count). The first-order valence-corrected chi connectivity index (χ1v) is 21.0. The molecular weight excluding hydrogens is 748 g/mol. The van der Waals surface area contributed by atoms with Crippen LogP contribution >= 0.6 is 0 Å². The van der Waals surface area contributed by atoms with Gasteiger partial charge in [-0.3, -0.25) is 14.4 Å². The number of amides is 1. The van der Waals surface area contributed by atoms with Gasteiger partial charge in [-0.2, -0.15) is 0 Å². The zero-order valence-electron chi connectivity index (χ0n) is 34.6. The molecule has 326 valence electrons. The van der Waals surface area contributed by atoms with Gasteiger partial charge in [-0.1, -0.05) is 55.0 Å². The van der Waals surface area contributed by atoms with Gasteiger partial charge in [-0.25, -0.2) is 0 Å². The summed E-state index contributed by atoms with van der Waals surface area (Å²) in [6.07, 6.45) is 3.46. The Morgan fingerprint density at radius 2 is 1.10 bits per heavy atom. The average molecular weight is 817 g/mol. The maximum atomic E-state index is 12.8. The average Bonchev–Trinajstić information content (AvgIpc) is 3.56. The highest BCUT2D eigenvalue weighted by atomic mass is 16.6. The predicted molar refractivity (Wildman–Crippen MR) is 220 cm³/mol. The molecule has 14 nitrogen and oxygen atoms in total. The second kappa shape index (κ2) is 32.5. The summed E-state index contributed by atoms with van der Waals surface area (Å²) in [5.41, 5.74) is 10.5. The van der Waals surface area contributed by atoms with Crippen LogP contribution in [0.3, 0.4) is 0 Å². The summed E-state index contributed by atoms with van der Waals surface area (Å²) in [7, 11) is 0. The van der Waals surface area contributed by atoms with Crippen molar-refractivity contribution in [2.75, 3.05) is 125 Å². The van der Waals surface area contributed by atoms with Crippen molar-refractivity contribution >= 4 is 17.7 Å². The van der Waals surface area contributed by atoms with Gasteiger partial charge >= 0.3 is 5.97 Å². The smallest absolute Gasteiger partial charge is 0.305 e. The summed E-state index contributed by atoms with van der Waals surface area (Å²) in [6.45, 7) is 10.3. The Bertz CT molecular complexity index is 1350. The predicted octanol–water partition coefficient (Wildman–Crippen LogP) is 4.49. The summed E-state index contributed by atoms with van der Waals surface area (Å²) in [5.74, 6) is -0.738. The van der Waals surface area contributed by atoms with E-state index in [0.29, 0.717) is 138 Å². The minimum Gasteiger partial charge on any atom is -0.465 e. The molecule has 1 aliphatic carbocycles. The molecule has 0 radical (unpaired) electrons. The van der Waals surface area contributed by atoms with Crippen LogP contribution in [0.1, 0.15) is 68.9 Å². The lowest BCUT2D eigenvalue weighted by atomic mass is 9.94. The molecule has 1 unspecified atom stereocenters. The lowest BCUT2D eigenvalue weighted by Gasteiger charge is -2.16. The minimum absolute atomic E-state index is 0.0167. The van der Waals surface area contributed by atoms with Gasteiger partial charge in [-0.05, 0) is 55.0 Å². The molecule has 58 heavy (non-hydrogen) atoms. The van der Waals surface area contributed by atoms with Crippen molar-refractivity contribution in [2.45, 2.75) is 57.8 Å². The van der Waals surface area contributed by atoms with Gasteiger partial charge < -0.3 is 53.7 Å². The van der Waals surface area contributed by atoms with Gasteiger partial charge in [0.25, 0.3) is 0 Å². The van der Waals surface area contributed by atoms with Gasteiger partial charge in [0.05, 0.1) is 92.5 Å². The van der Waals surface area contributed by atoms with Crippen LogP contribution in [-0.2, 0) is 57.0 Å². The number of carbonyl (C=O) groups excluding carboxylic acids is 3. The Labute approximate surface area is 345 Å². The third-order valence-corrected chi connectivity index (χ3v) is 9.40. The number of Topliss-reactive ketones (excluding diaryl/α,β-unsaturated/α-hetero) is 1. The van der Waals surface area contributed by atoms with Crippen molar-refractivity contribution in [3.05, 3.63) is 59.7 Å². The van der Waals surface area contributed by atoms with Crippen LogP contribution in [0.4, 0.5) is 0 Å². The molecule has 3 N–H and O–H groups in total. The number of nitrogens with one attached hydrogen (secondary N) is 1. The highest BCUT2D eigenvalue weighted by molar-refractivity contribution is 5.86. The number of carbonyl (C=O) groups is 3. The second-order valence-corrected chi connectivity index (χ2v) is 13.8. The lowest BCUT2D eigenvalue weighted by Crippen LogP contribution is -2.34. The zero-order valence-corrected chi connectivity index (χ0v) is 34.6. The fourth-order valence-corrected chi connectivity index (χ4v) is 6.39. The summed E-state index contributed by atoms with van der Waals surface area (Å²) in [6, 6.07) is 16.6. The van der Waals surface area contributed by atoms with Crippen molar-refractivity contribution in [3.63, 3.8) is 0 Å². The van der Waals surface area contributed by atoms with E-state index in [1.165, 1.54) is 22.3 Å². The number of ketones is 1. The van der Waals surface area contributed by atoms with E-state index >= 15 is 0 Å². The van der Waals surface area contributed by atoms with Gasteiger partial charge in [0.1, 0.15) is 12.4 Å². The molecule has 2 aromatic rings. The molecule has 0 aliphatic heterocycles. The zero-order chi connectivity index (χ0) is 41.3. The Morgan fingerprint density at radius 1 is 0.603 bits per heavy atom. The number of hydrogen-bond donors (Lipinski definition) is 2. The fourth-order valence-electron chi connectivity index (χ4n) is 6.39. The molecule has 1 atom stereocenters. The van der Waals surface area contributed by atoms with Crippen LogP contribution in [0, 0.1) is 5.92 Å². The van der Waals surface area contributed by atoms with Crippen LogP contribution in [0.2, 0.25) is 0 Å². The van der Waals surface area contributed by atoms with E-state index in [0.717, 1.165) is 12.8 Å². The molecule has 1 aliphatic rings. The quantitative estimate of drug-likeness (QED) is 0.0719. The number of benzene rings is 2. The first-order chi connectivity index (χ1) is 28.5. The van der Waals surface area contributed by atoms with Crippen molar-refractivity contribution in [3.8, 4) is 11.1 Å². The maximum Gasteiger partial charge on any atom is 0.305 e. The van der Waals surface area contributed by atoms with Gasteiger partial charge in [0.15, 0.2) is 0 Å². The monoisotopic (exact) mass is 816 g/mol. The van der Waals surface area contributed by atoms with Gasteiger partial charge in [-0.15, -0.1) is 0 Å².